The second-order valence-electron chi connectivity index (χ2n) is 10.6. The zero-order chi connectivity index (χ0) is 25.4. The smallest absolute Gasteiger partial charge is 0.318 e. The highest BCUT2D eigenvalue weighted by molar-refractivity contribution is 5.82. The molecule has 3 aliphatic rings. The Bertz CT molecular complexity index is 1320. The largest absolute Gasteiger partial charge is 0.462 e. The van der Waals surface area contributed by atoms with Gasteiger partial charge in [0.15, 0.2) is 0 Å². The minimum Gasteiger partial charge on any atom is -0.462 e. The first-order valence-corrected chi connectivity index (χ1v) is 13.3. The van der Waals surface area contributed by atoms with Gasteiger partial charge in [-0.1, -0.05) is 6.07 Å². The SMILES string of the molecule is Cc1ccc2[nH]ncc2c1CN1Cc2nc(OC[C@@H]3CCCN3C)nc(N3CCN[C@@H](CC#N)C3)c2C1. The number of ether oxygens (including phenoxy) is 1. The number of hydrogen-bond acceptors (Lipinski definition) is 9. The molecule has 5 heterocycles. The topological polar surface area (TPSA) is 109 Å². The fourth-order valence-electron chi connectivity index (χ4n) is 5.96. The van der Waals surface area contributed by atoms with Crippen LogP contribution in [0.3, 0.4) is 0 Å². The number of hydrogen-bond donors (Lipinski definition) is 2. The highest BCUT2D eigenvalue weighted by Crippen LogP contribution is 2.34. The second-order valence-corrected chi connectivity index (χ2v) is 10.6. The zero-order valence-electron chi connectivity index (χ0n) is 21.7. The van der Waals surface area contributed by atoms with E-state index >= 15 is 0 Å². The summed E-state index contributed by atoms with van der Waals surface area (Å²) in [4.78, 5) is 17.0. The van der Waals surface area contributed by atoms with E-state index in [1.165, 1.54) is 28.5 Å². The molecule has 0 saturated carbocycles. The van der Waals surface area contributed by atoms with Crippen molar-refractivity contribution in [2.45, 2.75) is 57.9 Å². The lowest BCUT2D eigenvalue weighted by Gasteiger charge is -2.34. The summed E-state index contributed by atoms with van der Waals surface area (Å²) in [5.41, 5.74) is 5.86. The van der Waals surface area contributed by atoms with Crippen LogP contribution >= 0.6 is 0 Å². The monoisotopic (exact) mass is 501 g/mol. The first kappa shape index (κ1) is 24.1. The van der Waals surface area contributed by atoms with Crippen LogP contribution in [0, 0.1) is 18.3 Å². The summed E-state index contributed by atoms with van der Waals surface area (Å²) >= 11 is 0. The number of nitriles is 1. The fourth-order valence-corrected chi connectivity index (χ4v) is 5.96. The summed E-state index contributed by atoms with van der Waals surface area (Å²) in [6, 6.07) is 7.59. The molecule has 194 valence electrons. The molecular formula is C27H35N9O. The van der Waals surface area contributed by atoms with E-state index in [9.17, 15) is 5.26 Å². The molecule has 3 aliphatic heterocycles. The quantitative estimate of drug-likeness (QED) is 0.504. The maximum atomic E-state index is 9.25. The van der Waals surface area contributed by atoms with Gasteiger partial charge in [0.1, 0.15) is 12.4 Å². The standard InChI is InChI=1S/C27H35N9O/c1-18-5-6-24-21(12-30-33-24)22(18)14-35-15-23-25(16-35)31-27(37-17-20-4-3-10-34(20)2)32-26(23)36-11-9-29-19(13-36)7-8-28/h5-6,12,19-20,29H,3-4,7,9-11,13-17H2,1-2H3,(H,30,33)/t19-,20-/m0/s1. The van der Waals surface area contributed by atoms with Crippen LogP contribution in [0.1, 0.15) is 41.6 Å². The molecule has 0 amide bonds. The number of rotatable bonds is 7. The summed E-state index contributed by atoms with van der Waals surface area (Å²) < 4.78 is 6.22. The second kappa shape index (κ2) is 10.2. The Hall–Kier alpha value is -3.26. The maximum absolute atomic E-state index is 9.25. The van der Waals surface area contributed by atoms with Crippen molar-refractivity contribution in [2.24, 2.45) is 0 Å². The number of H-pyrrole nitrogens is 1. The van der Waals surface area contributed by atoms with Crippen molar-refractivity contribution in [1.29, 1.82) is 5.26 Å². The van der Waals surface area contributed by atoms with Gasteiger partial charge >= 0.3 is 6.01 Å². The molecule has 2 N–H and O–H groups in total. The molecule has 0 radical (unpaired) electrons. The fraction of sp³-hybridized carbons (Fsp3) is 0.556. The van der Waals surface area contributed by atoms with Crippen molar-refractivity contribution in [2.75, 3.05) is 44.7 Å². The number of nitrogens with one attached hydrogen (secondary N) is 2. The molecule has 10 nitrogen and oxygen atoms in total. The summed E-state index contributed by atoms with van der Waals surface area (Å²) in [5.74, 6) is 0.963. The average molecular weight is 502 g/mol. The zero-order valence-corrected chi connectivity index (χ0v) is 21.7. The van der Waals surface area contributed by atoms with E-state index in [1.807, 2.05) is 6.20 Å². The van der Waals surface area contributed by atoms with E-state index < -0.39 is 0 Å². The molecule has 0 aliphatic carbocycles. The Morgan fingerprint density at radius 2 is 2.14 bits per heavy atom. The summed E-state index contributed by atoms with van der Waals surface area (Å²) in [6.45, 7) is 8.70. The van der Waals surface area contributed by atoms with Gasteiger partial charge in [0.05, 0.1) is 29.9 Å². The van der Waals surface area contributed by atoms with E-state index in [2.05, 4.69) is 62.4 Å². The van der Waals surface area contributed by atoms with E-state index in [1.54, 1.807) is 0 Å². The molecule has 6 rings (SSSR count). The molecule has 2 fully saturated rings. The van der Waals surface area contributed by atoms with Crippen molar-refractivity contribution in [3.63, 3.8) is 0 Å². The van der Waals surface area contributed by atoms with Gasteiger partial charge in [-0.25, -0.2) is 0 Å². The number of benzene rings is 1. The number of likely N-dealkylation sites (N-methyl/N-ethyl adjacent to an activating group) is 1. The number of aryl methyl sites for hydroxylation is 1. The van der Waals surface area contributed by atoms with Gasteiger partial charge in [-0.05, 0) is 50.6 Å². The number of nitrogens with zero attached hydrogens (tertiary/aromatic N) is 7. The van der Waals surface area contributed by atoms with E-state index in [4.69, 9.17) is 14.7 Å². The van der Waals surface area contributed by atoms with Gasteiger partial charge in [-0.15, -0.1) is 0 Å². The lowest BCUT2D eigenvalue weighted by molar-refractivity contribution is 0.187. The van der Waals surface area contributed by atoms with Crippen molar-refractivity contribution >= 4 is 16.7 Å². The highest BCUT2D eigenvalue weighted by Gasteiger charge is 2.31. The molecule has 2 aromatic heterocycles. The number of anilines is 1. The van der Waals surface area contributed by atoms with Gasteiger partial charge in [0.2, 0.25) is 0 Å². The van der Waals surface area contributed by atoms with Crippen LogP contribution in [-0.4, -0.2) is 81.9 Å². The molecule has 0 bridgehead atoms. The third-order valence-electron chi connectivity index (χ3n) is 8.13. The van der Waals surface area contributed by atoms with Gasteiger partial charge in [-0.2, -0.15) is 20.3 Å². The van der Waals surface area contributed by atoms with Gasteiger partial charge in [0, 0.05) is 62.3 Å². The summed E-state index contributed by atoms with van der Waals surface area (Å²) in [5, 5.41) is 21.3. The Kier molecular flexibility index (Phi) is 6.67. The molecule has 10 heteroatoms. The van der Waals surface area contributed by atoms with Crippen molar-refractivity contribution < 1.29 is 4.74 Å². The normalized spacial score (nSPS) is 22.5. The molecule has 2 saturated heterocycles. The van der Waals surface area contributed by atoms with Crippen molar-refractivity contribution in [1.82, 2.24) is 35.3 Å². The Labute approximate surface area is 217 Å². The van der Waals surface area contributed by atoms with Gasteiger partial charge in [0.25, 0.3) is 0 Å². The Balaban J connectivity index is 1.27. The molecule has 3 aromatic rings. The van der Waals surface area contributed by atoms with Crippen LogP contribution in [0.2, 0.25) is 0 Å². The van der Waals surface area contributed by atoms with Crippen LogP contribution < -0.4 is 15.0 Å². The Morgan fingerprint density at radius 1 is 1.22 bits per heavy atom. The molecule has 1 aromatic carbocycles. The van der Waals surface area contributed by atoms with Crippen molar-refractivity contribution in [3.05, 3.63) is 40.7 Å². The number of likely N-dealkylation sites (tertiary alicyclic amines) is 1. The minimum absolute atomic E-state index is 0.139. The maximum Gasteiger partial charge on any atom is 0.318 e. The number of aromatic nitrogens is 4. The van der Waals surface area contributed by atoms with Crippen LogP contribution in [0.25, 0.3) is 10.9 Å². The predicted octanol–water partition coefficient (Wildman–Crippen LogP) is 2.34. The van der Waals surface area contributed by atoms with E-state index in [0.29, 0.717) is 25.1 Å². The molecule has 2 atom stereocenters. The molecule has 37 heavy (non-hydrogen) atoms. The molecule has 0 unspecified atom stereocenters. The predicted molar refractivity (Wildman–Crippen MR) is 141 cm³/mol. The van der Waals surface area contributed by atoms with Crippen LogP contribution in [-0.2, 0) is 19.6 Å². The van der Waals surface area contributed by atoms with Gasteiger partial charge < -0.3 is 19.9 Å². The van der Waals surface area contributed by atoms with Gasteiger partial charge in [-0.3, -0.25) is 10.00 Å². The lowest BCUT2D eigenvalue weighted by Crippen LogP contribution is -2.51. The first-order valence-electron chi connectivity index (χ1n) is 13.3. The molecule has 0 spiro atoms. The van der Waals surface area contributed by atoms with E-state index in [0.717, 1.165) is 69.3 Å². The number of fused-ring (bicyclic) bond motifs is 2. The minimum atomic E-state index is 0.139. The number of piperazine rings is 1. The lowest BCUT2D eigenvalue weighted by atomic mass is 10.0. The van der Waals surface area contributed by atoms with Crippen LogP contribution in [0.15, 0.2) is 18.3 Å². The highest BCUT2D eigenvalue weighted by atomic mass is 16.5. The molecular weight excluding hydrogens is 466 g/mol. The van der Waals surface area contributed by atoms with Crippen LogP contribution in [0.4, 0.5) is 5.82 Å². The van der Waals surface area contributed by atoms with Crippen LogP contribution in [0.5, 0.6) is 6.01 Å². The third kappa shape index (κ3) is 4.87. The summed E-state index contributed by atoms with van der Waals surface area (Å²) in [6.07, 6.45) is 4.77. The number of aromatic amines is 1. The van der Waals surface area contributed by atoms with E-state index in [-0.39, 0.29) is 6.04 Å². The van der Waals surface area contributed by atoms with Crippen molar-refractivity contribution in [3.8, 4) is 12.1 Å². The summed E-state index contributed by atoms with van der Waals surface area (Å²) in [7, 11) is 2.16. The first-order chi connectivity index (χ1) is 18.1. The average Bonchev–Trinajstić information content (AvgIpc) is 3.64. The Morgan fingerprint density at radius 3 is 2.97 bits per heavy atom. The third-order valence-corrected chi connectivity index (χ3v) is 8.13.